The van der Waals surface area contributed by atoms with Gasteiger partial charge in [0.1, 0.15) is 0 Å². The number of carbonyl (C=O) groups is 2. The maximum atomic E-state index is 13.9. The van der Waals surface area contributed by atoms with Crippen molar-refractivity contribution in [3.05, 3.63) is 58.2 Å². The first-order chi connectivity index (χ1) is 14.5. The number of ether oxygens (including phenoxy) is 3. The SMILES string of the molecule is CC(=O)Oc1ccc2c(=O)c(Oc3ccccc3F)c(C(F)(F)F)oc2c1OC(C)=O. The maximum Gasteiger partial charge on any atom is 0.453 e. The van der Waals surface area contributed by atoms with Gasteiger partial charge in [-0.3, -0.25) is 14.4 Å². The highest BCUT2D eigenvalue weighted by atomic mass is 19.4. The Morgan fingerprint density at radius 3 is 2.13 bits per heavy atom. The smallest absolute Gasteiger partial charge is 0.446 e. The Kier molecular flexibility index (Phi) is 5.69. The zero-order valence-corrected chi connectivity index (χ0v) is 15.8. The van der Waals surface area contributed by atoms with Gasteiger partial charge in [0.15, 0.2) is 22.9 Å². The van der Waals surface area contributed by atoms with Crippen molar-refractivity contribution in [3.8, 4) is 23.0 Å². The Morgan fingerprint density at radius 1 is 0.903 bits per heavy atom. The Labute approximate surface area is 170 Å². The van der Waals surface area contributed by atoms with Crippen LogP contribution < -0.4 is 19.6 Å². The minimum Gasteiger partial charge on any atom is -0.446 e. The summed E-state index contributed by atoms with van der Waals surface area (Å²) < 4.78 is 74.3. The second-order valence-electron chi connectivity index (χ2n) is 6.08. The third kappa shape index (κ3) is 4.49. The molecular formula is C20H12F4O7. The molecule has 0 saturated carbocycles. The molecule has 0 fully saturated rings. The zero-order valence-electron chi connectivity index (χ0n) is 15.8. The highest BCUT2D eigenvalue weighted by Gasteiger charge is 2.41. The van der Waals surface area contributed by atoms with Gasteiger partial charge in [0.05, 0.1) is 5.39 Å². The molecule has 0 radical (unpaired) electrons. The molecule has 0 saturated heterocycles. The largest absolute Gasteiger partial charge is 0.453 e. The summed E-state index contributed by atoms with van der Waals surface area (Å²) in [6.07, 6.45) is -5.25. The maximum absolute atomic E-state index is 13.9. The number of hydrogen-bond donors (Lipinski definition) is 0. The number of fused-ring (bicyclic) bond motifs is 1. The molecule has 0 bridgehead atoms. The Bertz CT molecular complexity index is 1240. The number of benzene rings is 2. The number of alkyl halides is 3. The molecule has 0 unspecified atom stereocenters. The number of hydrogen-bond acceptors (Lipinski definition) is 7. The summed E-state index contributed by atoms with van der Waals surface area (Å²) in [7, 11) is 0. The molecule has 1 aromatic heterocycles. The number of halogens is 4. The molecule has 2 aromatic carbocycles. The van der Waals surface area contributed by atoms with Crippen LogP contribution in [0.25, 0.3) is 11.0 Å². The van der Waals surface area contributed by atoms with Crippen LogP contribution in [0.1, 0.15) is 19.6 Å². The molecule has 11 heteroatoms. The number of para-hydroxylation sites is 1. The van der Waals surface area contributed by atoms with E-state index in [4.69, 9.17) is 18.6 Å². The minimum atomic E-state index is -5.25. The van der Waals surface area contributed by atoms with Gasteiger partial charge >= 0.3 is 18.1 Å². The minimum absolute atomic E-state index is 0.450. The molecule has 0 atom stereocenters. The highest BCUT2D eigenvalue weighted by Crippen LogP contribution is 2.42. The Morgan fingerprint density at radius 2 is 1.55 bits per heavy atom. The van der Waals surface area contributed by atoms with Gasteiger partial charge in [-0.25, -0.2) is 4.39 Å². The third-order valence-electron chi connectivity index (χ3n) is 3.74. The van der Waals surface area contributed by atoms with E-state index in [1.807, 2.05) is 0 Å². The van der Waals surface area contributed by atoms with E-state index in [1.54, 1.807) is 0 Å². The van der Waals surface area contributed by atoms with Crippen LogP contribution in [0.15, 0.2) is 45.6 Å². The molecule has 31 heavy (non-hydrogen) atoms. The second kappa shape index (κ2) is 8.09. The van der Waals surface area contributed by atoms with Crippen molar-refractivity contribution >= 4 is 22.9 Å². The van der Waals surface area contributed by atoms with Gasteiger partial charge in [0.2, 0.25) is 16.9 Å². The standard InChI is InChI=1S/C20H12F4O7/c1-9(25)28-14-8-7-11-15(27)18(30-13-6-4-3-5-12(13)21)19(20(22,23)24)31-16(11)17(14)29-10(2)26/h3-8H,1-2H3. The quantitative estimate of drug-likeness (QED) is 0.333. The molecule has 7 nitrogen and oxygen atoms in total. The lowest BCUT2D eigenvalue weighted by molar-refractivity contribution is -0.154. The fourth-order valence-corrected chi connectivity index (χ4v) is 2.59. The summed E-state index contributed by atoms with van der Waals surface area (Å²) in [6.45, 7) is 1.94. The predicted octanol–water partition coefficient (Wildman–Crippen LogP) is 4.59. The molecule has 3 rings (SSSR count). The van der Waals surface area contributed by atoms with E-state index < -0.39 is 69.1 Å². The van der Waals surface area contributed by atoms with E-state index in [0.717, 1.165) is 38.1 Å². The van der Waals surface area contributed by atoms with Gasteiger partial charge in [-0.05, 0) is 24.3 Å². The molecule has 0 N–H and O–H groups in total. The van der Waals surface area contributed by atoms with Crippen LogP contribution in [0, 0.1) is 5.82 Å². The molecule has 1 heterocycles. The van der Waals surface area contributed by atoms with E-state index in [2.05, 4.69) is 0 Å². The molecular weight excluding hydrogens is 428 g/mol. The van der Waals surface area contributed by atoms with E-state index in [-0.39, 0.29) is 0 Å². The van der Waals surface area contributed by atoms with Gasteiger partial charge in [-0.15, -0.1) is 0 Å². The fraction of sp³-hybridized carbons (Fsp3) is 0.150. The van der Waals surface area contributed by atoms with Crippen molar-refractivity contribution in [2.45, 2.75) is 20.0 Å². The van der Waals surface area contributed by atoms with Gasteiger partial charge < -0.3 is 18.6 Å². The van der Waals surface area contributed by atoms with Crippen molar-refractivity contribution in [1.29, 1.82) is 0 Å². The third-order valence-corrected chi connectivity index (χ3v) is 3.74. The molecule has 0 aliphatic carbocycles. The Balaban J connectivity index is 2.35. The molecule has 0 aliphatic rings. The summed E-state index contributed by atoms with van der Waals surface area (Å²) in [5, 5.41) is -0.494. The van der Waals surface area contributed by atoms with E-state index >= 15 is 0 Å². The number of esters is 2. The molecule has 3 aromatic rings. The van der Waals surface area contributed by atoms with Crippen LogP contribution in [0.5, 0.6) is 23.0 Å². The van der Waals surface area contributed by atoms with Crippen molar-refractivity contribution in [1.82, 2.24) is 0 Å². The second-order valence-corrected chi connectivity index (χ2v) is 6.08. The van der Waals surface area contributed by atoms with Crippen LogP contribution in [-0.2, 0) is 15.8 Å². The van der Waals surface area contributed by atoms with Gasteiger partial charge in [0.25, 0.3) is 5.76 Å². The number of rotatable bonds is 4. The van der Waals surface area contributed by atoms with Gasteiger partial charge in [-0.2, -0.15) is 13.2 Å². The van der Waals surface area contributed by atoms with Crippen molar-refractivity contribution in [3.63, 3.8) is 0 Å². The van der Waals surface area contributed by atoms with E-state index in [0.29, 0.717) is 0 Å². The first kappa shape index (κ1) is 21.8. The van der Waals surface area contributed by atoms with E-state index in [9.17, 15) is 31.9 Å². The van der Waals surface area contributed by atoms with E-state index in [1.165, 1.54) is 12.1 Å². The fourth-order valence-electron chi connectivity index (χ4n) is 2.59. The predicted molar refractivity (Wildman–Crippen MR) is 96.6 cm³/mol. The number of carbonyl (C=O) groups excluding carboxylic acids is 2. The Hall–Kier alpha value is -3.89. The average molecular weight is 440 g/mol. The van der Waals surface area contributed by atoms with Crippen LogP contribution >= 0.6 is 0 Å². The lowest BCUT2D eigenvalue weighted by Gasteiger charge is -2.15. The average Bonchev–Trinajstić information content (AvgIpc) is 2.65. The summed E-state index contributed by atoms with van der Waals surface area (Å²) >= 11 is 0. The first-order valence-electron chi connectivity index (χ1n) is 8.49. The summed E-state index contributed by atoms with van der Waals surface area (Å²) in [6, 6.07) is 6.53. The normalized spacial score (nSPS) is 11.3. The van der Waals surface area contributed by atoms with Crippen molar-refractivity contribution in [2.75, 3.05) is 0 Å². The first-order valence-corrected chi connectivity index (χ1v) is 8.49. The van der Waals surface area contributed by atoms with Crippen molar-refractivity contribution < 1.29 is 45.8 Å². The molecule has 0 aliphatic heterocycles. The van der Waals surface area contributed by atoms with Crippen molar-refractivity contribution in [2.24, 2.45) is 0 Å². The molecule has 0 spiro atoms. The molecule has 162 valence electrons. The lowest BCUT2D eigenvalue weighted by Crippen LogP contribution is -2.17. The highest BCUT2D eigenvalue weighted by molar-refractivity contribution is 5.90. The topological polar surface area (TPSA) is 92.0 Å². The van der Waals surface area contributed by atoms with Crippen LogP contribution in [0.4, 0.5) is 17.6 Å². The van der Waals surface area contributed by atoms with Crippen LogP contribution in [0.2, 0.25) is 0 Å². The summed E-state index contributed by atoms with van der Waals surface area (Å²) in [5.74, 6) is -7.89. The monoisotopic (exact) mass is 440 g/mol. The lowest BCUT2D eigenvalue weighted by atomic mass is 10.1. The summed E-state index contributed by atoms with van der Waals surface area (Å²) in [5.41, 5.74) is -2.13. The van der Waals surface area contributed by atoms with Gasteiger partial charge in [0, 0.05) is 13.8 Å². The van der Waals surface area contributed by atoms with Crippen LogP contribution in [0.3, 0.4) is 0 Å². The van der Waals surface area contributed by atoms with Gasteiger partial charge in [-0.1, -0.05) is 12.1 Å². The zero-order chi connectivity index (χ0) is 22.9. The summed E-state index contributed by atoms with van der Waals surface area (Å²) in [4.78, 5) is 35.5. The van der Waals surface area contributed by atoms with Crippen LogP contribution in [-0.4, -0.2) is 11.9 Å². The molecule has 0 amide bonds.